The Morgan fingerprint density at radius 3 is 2.30 bits per heavy atom. The Hall–Kier alpha value is -1.35. The summed E-state index contributed by atoms with van der Waals surface area (Å²) in [6.45, 7) is 1.22. The molecule has 0 radical (unpaired) electrons. The molecular formula is C14H22F3NO5. The Balaban J connectivity index is 2.39. The van der Waals surface area contributed by atoms with Crippen LogP contribution in [0.4, 0.5) is 13.2 Å². The van der Waals surface area contributed by atoms with Crippen LogP contribution in [0.3, 0.4) is 0 Å². The number of carboxylic acid groups (broad SMARTS) is 1. The molecule has 0 aromatic carbocycles. The van der Waals surface area contributed by atoms with Crippen LogP contribution in [0.2, 0.25) is 0 Å². The second-order valence-corrected chi connectivity index (χ2v) is 5.49. The Bertz CT molecular complexity index is 408. The summed E-state index contributed by atoms with van der Waals surface area (Å²) in [6, 6.07) is -1.02. The molecule has 1 saturated heterocycles. The van der Waals surface area contributed by atoms with E-state index in [2.05, 4.69) is 5.32 Å². The topological polar surface area (TPSA) is 84.9 Å². The number of aliphatic carboxylic acids is 1. The van der Waals surface area contributed by atoms with E-state index in [1.54, 1.807) is 0 Å². The van der Waals surface area contributed by atoms with E-state index in [1.165, 1.54) is 6.92 Å². The third-order valence-electron chi connectivity index (χ3n) is 3.57. The van der Waals surface area contributed by atoms with Crippen LogP contribution < -0.4 is 5.32 Å². The van der Waals surface area contributed by atoms with Gasteiger partial charge >= 0.3 is 12.1 Å². The Labute approximate surface area is 132 Å². The molecule has 1 atom stereocenters. The lowest BCUT2D eigenvalue weighted by Crippen LogP contribution is -2.52. The third kappa shape index (κ3) is 5.98. The predicted molar refractivity (Wildman–Crippen MR) is 73.6 cm³/mol. The maximum atomic E-state index is 13.1. The van der Waals surface area contributed by atoms with Gasteiger partial charge in [0.2, 0.25) is 5.91 Å². The van der Waals surface area contributed by atoms with Gasteiger partial charge < -0.3 is 19.9 Å². The Kier molecular flexibility index (Phi) is 7.27. The van der Waals surface area contributed by atoms with Gasteiger partial charge in [-0.25, -0.2) is 4.79 Å². The maximum Gasteiger partial charge on any atom is 0.443 e. The van der Waals surface area contributed by atoms with Gasteiger partial charge in [-0.05, 0) is 19.3 Å². The second-order valence-electron chi connectivity index (χ2n) is 5.49. The number of unbranched alkanes of at least 4 members (excludes halogenated alkanes) is 2. The number of hydrogen-bond donors (Lipinski definition) is 2. The largest absolute Gasteiger partial charge is 0.480 e. The van der Waals surface area contributed by atoms with E-state index in [0.717, 1.165) is 0 Å². The van der Waals surface area contributed by atoms with E-state index in [4.69, 9.17) is 14.6 Å². The van der Waals surface area contributed by atoms with Crippen molar-refractivity contribution in [3.05, 3.63) is 0 Å². The number of carboxylic acids is 1. The maximum absolute atomic E-state index is 13.1. The molecule has 0 aromatic heterocycles. The number of nitrogens with one attached hydrogen (secondary N) is 1. The van der Waals surface area contributed by atoms with Crippen molar-refractivity contribution in [2.24, 2.45) is 0 Å². The van der Waals surface area contributed by atoms with Gasteiger partial charge in [0.1, 0.15) is 6.04 Å². The van der Waals surface area contributed by atoms with Crippen LogP contribution in [-0.2, 0) is 19.1 Å². The van der Waals surface area contributed by atoms with Crippen LogP contribution in [0.25, 0.3) is 0 Å². The highest BCUT2D eigenvalue weighted by Gasteiger charge is 2.58. The Morgan fingerprint density at radius 1 is 1.22 bits per heavy atom. The van der Waals surface area contributed by atoms with Gasteiger partial charge in [0, 0.05) is 13.3 Å². The van der Waals surface area contributed by atoms with Crippen LogP contribution in [0, 0.1) is 0 Å². The molecule has 23 heavy (non-hydrogen) atoms. The quantitative estimate of drug-likeness (QED) is 0.661. The van der Waals surface area contributed by atoms with Crippen molar-refractivity contribution < 1.29 is 37.3 Å². The number of ether oxygens (including phenoxy) is 2. The zero-order valence-corrected chi connectivity index (χ0v) is 12.9. The molecule has 1 amide bonds. The summed E-state index contributed by atoms with van der Waals surface area (Å²) in [5.74, 6) is -4.17. The van der Waals surface area contributed by atoms with Crippen molar-refractivity contribution >= 4 is 11.9 Å². The molecule has 0 spiro atoms. The molecule has 134 valence electrons. The smallest absolute Gasteiger partial charge is 0.443 e. The fraction of sp³-hybridized carbons (Fsp3) is 0.857. The van der Waals surface area contributed by atoms with Gasteiger partial charge in [0.15, 0.2) is 0 Å². The third-order valence-corrected chi connectivity index (χ3v) is 3.57. The number of halogens is 3. The van der Waals surface area contributed by atoms with Crippen LogP contribution in [0.5, 0.6) is 0 Å². The van der Waals surface area contributed by atoms with E-state index < -0.39 is 29.9 Å². The molecule has 9 heteroatoms. The van der Waals surface area contributed by atoms with Crippen LogP contribution >= 0.6 is 0 Å². The molecule has 0 aromatic rings. The summed E-state index contributed by atoms with van der Waals surface area (Å²) in [6.07, 6.45) is -3.39. The molecule has 0 saturated carbocycles. The molecular weight excluding hydrogens is 319 g/mol. The van der Waals surface area contributed by atoms with Gasteiger partial charge in [0.05, 0.1) is 13.2 Å². The molecule has 0 bridgehead atoms. The molecule has 0 unspecified atom stereocenters. The summed E-state index contributed by atoms with van der Waals surface area (Å²) >= 11 is 0. The number of carbonyl (C=O) groups is 2. The highest BCUT2D eigenvalue weighted by atomic mass is 19.4. The molecule has 6 nitrogen and oxygen atoms in total. The minimum Gasteiger partial charge on any atom is -0.480 e. The van der Waals surface area contributed by atoms with E-state index in [9.17, 15) is 22.8 Å². The molecule has 1 heterocycles. The van der Waals surface area contributed by atoms with E-state index >= 15 is 0 Å². The standard InChI is InChI=1S/C14H22F3NO5/c1-10(19)18-11(12(20)21)6-3-2-4-7-13(14(15,16)17)22-8-5-9-23-13/h11H,2-9H2,1H3,(H,18,19)(H,20,21)/t11-/m1/s1. The SMILES string of the molecule is CC(=O)N[C@H](CCCCCC1(C(F)(F)F)OCCCO1)C(=O)O. The van der Waals surface area contributed by atoms with Crippen LogP contribution in [0.1, 0.15) is 45.4 Å². The average Bonchev–Trinajstić information content (AvgIpc) is 2.45. The Morgan fingerprint density at radius 2 is 1.83 bits per heavy atom. The monoisotopic (exact) mass is 341 g/mol. The van der Waals surface area contributed by atoms with Crippen molar-refractivity contribution in [1.82, 2.24) is 5.32 Å². The molecule has 1 rings (SSSR count). The number of hydrogen-bond acceptors (Lipinski definition) is 4. The molecule has 1 aliphatic rings. The van der Waals surface area contributed by atoms with Crippen LogP contribution in [0.15, 0.2) is 0 Å². The lowest BCUT2D eigenvalue weighted by Gasteiger charge is -2.38. The van der Waals surface area contributed by atoms with Gasteiger partial charge in [-0.3, -0.25) is 4.79 Å². The van der Waals surface area contributed by atoms with Gasteiger partial charge in [-0.15, -0.1) is 0 Å². The second kappa shape index (κ2) is 8.49. The first-order chi connectivity index (χ1) is 10.7. The number of amides is 1. The normalized spacial score (nSPS) is 19.1. The molecule has 0 aliphatic carbocycles. The van der Waals surface area contributed by atoms with Gasteiger partial charge in [-0.2, -0.15) is 13.2 Å². The first-order valence-electron chi connectivity index (χ1n) is 7.52. The highest BCUT2D eigenvalue weighted by molar-refractivity contribution is 5.81. The van der Waals surface area contributed by atoms with E-state index in [0.29, 0.717) is 19.3 Å². The van der Waals surface area contributed by atoms with Crippen molar-refractivity contribution in [2.45, 2.75) is 63.5 Å². The number of alkyl halides is 3. The number of carbonyl (C=O) groups excluding carboxylic acids is 1. The van der Waals surface area contributed by atoms with Crippen molar-refractivity contribution in [1.29, 1.82) is 0 Å². The molecule has 1 fully saturated rings. The zero-order chi connectivity index (χ0) is 17.5. The van der Waals surface area contributed by atoms with Gasteiger partial charge in [0.25, 0.3) is 5.79 Å². The predicted octanol–water partition coefficient (Wildman–Crippen LogP) is 2.22. The summed E-state index contributed by atoms with van der Waals surface area (Å²) in [5.41, 5.74) is 0. The lowest BCUT2D eigenvalue weighted by molar-refractivity contribution is -0.398. The fourth-order valence-corrected chi connectivity index (χ4v) is 2.41. The summed E-state index contributed by atoms with van der Waals surface area (Å²) in [5, 5.41) is 11.2. The molecule has 2 N–H and O–H groups in total. The van der Waals surface area contributed by atoms with Crippen LogP contribution in [-0.4, -0.2) is 48.2 Å². The van der Waals surface area contributed by atoms with Crippen molar-refractivity contribution in [3.8, 4) is 0 Å². The fourth-order valence-electron chi connectivity index (χ4n) is 2.41. The molecule has 1 aliphatic heterocycles. The highest BCUT2D eigenvalue weighted by Crippen LogP contribution is 2.40. The average molecular weight is 341 g/mol. The van der Waals surface area contributed by atoms with E-state index in [1.807, 2.05) is 0 Å². The van der Waals surface area contributed by atoms with Crippen molar-refractivity contribution in [2.75, 3.05) is 13.2 Å². The number of rotatable bonds is 8. The summed E-state index contributed by atoms with van der Waals surface area (Å²) in [4.78, 5) is 21.8. The lowest BCUT2D eigenvalue weighted by atomic mass is 10.0. The zero-order valence-electron chi connectivity index (χ0n) is 12.9. The summed E-state index contributed by atoms with van der Waals surface area (Å²) < 4.78 is 49.0. The van der Waals surface area contributed by atoms with Gasteiger partial charge in [-0.1, -0.05) is 12.8 Å². The minimum atomic E-state index is -4.60. The minimum absolute atomic E-state index is 0.00311. The van der Waals surface area contributed by atoms with Crippen molar-refractivity contribution in [3.63, 3.8) is 0 Å². The first kappa shape index (κ1) is 19.7. The summed E-state index contributed by atoms with van der Waals surface area (Å²) in [7, 11) is 0. The van der Waals surface area contributed by atoms with E-state index in [-0.39, 0.29) is 32.5 Å². The first-order valence-corrected chi connectivity index (χ1v) is 7.52.